The van der Waals surface area contributed by atoms with Crippen LogP contribution in [0.5, 0.6) is 5.88 Å². The zero-order valence-electron chi connectivity index (χ0n) is 13.0. The fraction of sp³-hybridized carbons (Fsp3) is 0.375. The summed E-state index contributed by atoms with van der Waals surface area (Å²) in [6, 6.07) is 9.66. The first kappa shape index (κ1) is 15.1. The van der Waals surface area contributed by atoms with Crippen molar-refractivity contribution in [3.63, 3.8) is 0 Å². The molecule has 0 saturated carbocycles. The van der Waals surface area contributed by atoms with E-state index in [0.717, 1.165) is 16.9 Å². The first-order valence-corrected chi connectivity index (χ1v) is 7.02. The lowest BCUT2D eigenvalue weighted by atomic mass is 10.2. The molecule has 0 spiro atoms. The van der Waals surface area contributed by atoms with Crippen LogP contribution in [0, 0.1) is 6.92 Å². The highest BCUT2D eigenvalue weighted by Gasteiger charge is 2.10. The second kappa shape index (κ2) is 6.43. The third-order valence-electron chi connectivity index (χ3n) is 2.89. The molecule has 5 heteroatoms. The van der Waals surface area contributed by atoms with Crippen LogP contribution in [0.4, 0.5) is 11.6 Å². The molecule has 0 atom stereocenters. The van der Waals surface area contributed by atoms with Gasteiger partial charge in [0.05, 0.1) is 6.10 Å². The Labute approximate surface area is 125 Å². The maximum atomic E-state index is 5.81. The lowest BCUT2D eigenvalue weighted by Gasteiger charge is -2.19. The van der Waals surface area contributed by atoms with Gasteiger partial charge < -0.3 is 15.4 Å². The van der Waals surface area contributed by atoms with Gasteiger partial charge in [0.2, 0.25) is 11.8 Å². The van der Waals surface area contributed by atoms with Crippen molar-refractivity contribution in [1.82, 2.24) is 9.97 Å². The number of nitrogens with two attached hydrogens (primary N) is 1. The van der Waals surface area contributed by atoms with Crippen molar-refractivity contribution >= 4 is 11.6 Å². The number of hydrogen-bond acceptors (Lipinski definition) is 5. The molecule has 0 amide bonds. The van der Waals surface area contributed by atoms with Crippen LogP contribution in [0.15, 0.2) is 30.3 Å². The molecule has 0 saturated heterocycles. The highest BCUT2D eigenvalue weighted by molar-refractivity contribution is 5.42. The van der Waals surface area contributed by atoms with Gasteiger partial charge in [0.15, 0.2) is 0 Å². The normalized spacial score (nSPS) is 10.7. The average molecular weight is 286 g/mol. The molecule has 5 nitrogen and oxygen atoms in total. The molecule has 112 valence electrons. The minimum atomic E-state index is 0.0892. The monoisotopic (exact) mass is 286 g/mol. The first-order chi connectivity index (χ1) is 9.94. The van der Waals surface area contributed by atoms with Gasteiger partial charge in [0, 0.05) is 31.0 Å². The third-order valence-corrected chi connectivity index (χ3v) is 2.89. The van der Waals surface area contributed by atoms with Crippen LogP contribution in [-0.2, 0) is 6.54 Å². The fourth-order valence-corrected chi connectivity index (χ4v) is 2.03. The summed E-state index contributed by atoms with van der Waals surface area (Å²) in [5.74, 6) is 1.25. The maximum Gasteiger partial charge on any atom is 0.228 e. The molecule has 1 heterocycles. The van der Waals surface area contributed by atoms with Gasteiger partial charge in [-0.25, -0.2) is 4.98 Å². The van der Waals surface area contributed by atoms with E-state index in [4.69, 9.17) is 10.5 Å². The molecular formula is C16H22N4O. The van der Waals surface area contributed by atoms with Crippen LogP contribution in [0.3, 0.4) is 0 Å². The average Bonchev–Trinajstić information content (AvgIpc) is 2.37. The van der Waals surface area contributed by atoms with Crippen LogP contribution in [-0.4, -0.2) is 23.1 Å². The number of benzene rings is 1. The summed E-state index contributed by atoms with van der Waals surface area (Å²) in [5, 5.41) is 0. The van der Waals surface area contributed by atoms with E-state index in [0.29, 0.717) is 18.4 Å². The van der Waals surface area contributed by atoms with Crippen molar-refractivity contribution < 1.29 is 4.74 Å². The molecule has 2 N–H and O–H groups in total. The van der Waals surface area contributed by atoms with Crippen molar-refractivity contribution in [2.24, 2.45) is 0 Å². The van der Waals surface area contributed by atoms with Gasteiger partial charge in [-0.3, -0.25) is 0 Å². The molecule has 1 aromatic carbocycles. The minimum absolute atomic E-state index is 0.0892. The van der Waals surface area contributed by atoms with Gasteiger partial charge in [-0.15, -0.1) is 0 Å². The molecule has 0 aliphatic carbocycles. The quantitative estimate of drug-likeness (QED) is 0.856. The molecule has 1 aromatic heterocycles. The predicted octanol–water partition coefficient (Wildman–Crippen LogP) is 2.79. The topological polar surface area (TPSA) is 64.3 Å². The summed E-state index contributed by atoms with van der Waals surface area (Å²) in [6.45, 7) is 6.59. The van der Waals surface area contributed by atoms with Crippen molar-refractivity contribution in [2.45, 2.75) is 33.4 Å². The largest absolute Gasteiger partial charge is 0.475 e. The van der Waals surface area contributed by atoms with E-state index in [1.54, 1.807) is 0 Å². The van der Waals surface area contributed by atoms with E-state index in [2.05, 4.69) is 9.97 Å². The van der Waals surface area contributed by atoms with Crippen LogP contribution >= 0.6 is 0 Å². The minimum Gasteiger partial charge on any atom is -0.475 e. The van der Waals surface area contributed by atoms with E-state index >= 15 is 0 Å². The lowest BCUT2D eigenvalue weighted by Crippen LogP contribution is -2.20. The van der Waals surface area contributed by atoms with E-state index in [-0.39, 0.29) is 6.10 Å². The summed E-state index contributed by atoms with van der Waals surface area (Å²) in [7, 11) is 1.96. The molecular weight excluding hydrogens is 264 g/mol. The highest BCUT2D eigenvalue weighted by atomic mass is 16.5. The number of anilines is 2. The van der Waals surface area contributed by atoms with E-state index < -0.39 is 0 Å². The number of aromatic nitrogens is 2. The van der Waals surface area contributed by atoms with Gasteiger partial charge in [-0.1, -0.05) is 12.1 Å². The van der Waals surface area contributed by atoms with Crippen molar-refractivity contribution in [1.29, 1.82) is 0 Å². The second-order valence-electron chi connectivity index (χ2n) is 5.42. The zero-order valence-corrected chi connectivity index (χ0v) is 13.0. The Balaban J connectivity index is 2.18. The van der Waals surface area contributed by atoms with Crippen LogP contribution in [0.2, 0.25) is 0 Å². The summed E-state index contributed by atoms with van der Waals surface area (Å²) in [5.41, 5.74) is 8.57. The molecule has 0 aliphatic rings. The van der Waals surface area contributed by atoms with E-state index in [9.17, 15) is 0 Å². The van der Waals surface area contributed by atoms with Gasteiger partial charge in [0.25, 0.3) is 0 Å². The molecule has 2 aromatic rings. The summed E-state index contributed by atoms with van der Waals surface area (Å²) in [6.07, 6.45) is 0.0892. The molecule has 21 heavy (non-hydrogen) atoms. The smallest absolute Gasteiger partial charge is 0.228 e. The molecule has 0 aliphatic heterocycles. The SMILES string of the molecule is Cc1cc(OC(C)C)nc(N(C)Cc2cccc(N)c2)n1. The highest BCUT2D eigenvalue weighted by Crippen LogP contribution is 2.18. The third kappa shape index (κ3) is 4.34. The molecule has 0 fully saturated rings. The first-order valence-electron chi connectivity index (χ1n) is 7.02. The number of aryl methyl sites for hydroxylation is 1. The molecule has 0 unspecified atom stereocenters. The van der Waals surface area contributed by atoms with E-state index in [1.165, 1.54) is 0 Å². The van der Waals surface area contributed by atoms with Gasteiger partial charge in [-0.05, 0) is 38.5 Å². The number of nitrogens with zero attached hydrogens (tertiary/aromatic N) is 3. The number of hydrogen-bond donors (Lipinski definition) is 1. The molecule has 0 radical (unpaired) electrons. The van der Waals surface area contributed by atoms with Gasteiger partial charge >= 0.3 is 0 Å². The Morgan fingerprint density at radius 3 is 2.67 bits per heavy atom. The number of nitrogen functional groups attached to an aromatic ring is 1. The Kier molecular flexibility index (Phi) is 4.62. The maximum absolute atomic E-state index is 5.81. The van der Waals surface area contributed by atoms with Crippen molar-refractivity contribution in [3.05, 3.63) is 41.6 Å². The molecule has 2 rings (SSSR count). The Morgan fingerprint density at radius 2 is 2.00 bits per heavy atom. The van der Waals surface area contributed by atoms with Gasteiger partial charge in [0.1, 0.15) is 0 Å². The Morgan fingerprint density at radius 1 is 1.24 bits per heavy atom. The van der Waals surface area contributed by atoms with Crippen LogP contribution < -0.4 is 15.4 Å². The lowest BCUT2D eigenvalue weighted by molar-refractivity contribution is 0.232. The molecule has 0 bridgehead atoms. The second-order valence-corrected chi connectivity index (χ2v) is 5.42. The summed E-state index contributed by atoms with van der Waals surface area (Å²) >= 11 is 0. The van der Waals surface area contributed by atoms with Crippen molar-refractivity contribution in [3.8, 4) is 5.88 Å². The Bertz CT molecular complexity index is 613. The predicted molar refractivity (Wildman–Crippen MR) is 85.5 cm³/mol. The van der Waals surface area contributed by atoms with Crippen LogP contribution in [0.25, 0.3) is 0 Å². The summed E-state index contributed by atoms with van der Waals surface area (Å²) in [4.78, 5) is 10.9. The summed E-state index contributed by atoms with van der Waals surface area (Å²) < 4.78 is 5.66. The number of ether oxygens (including phenoxy) is 1. The standard InChI is InChI=1S/C16H22N4O/c1-11(2)21-15-8-12(3)18-16(19-15)20(4)10-13-6-5-7-14(17)9-13/h5-9,11H,10,17H2,1-4H3. The van der Waals surface area contributed by atoms with Crippen LogP contribution in [0.1, 0.15) is 25.1 Å². The van der Waals surface area contributed by atoms with Gasteiger partial charge in [-0.2, -0.15) is 4.98 Å². The Hall–Kier alpha value is -2.30. The number of rotatable bonds is 5. The van der Waals surface area contributed by atoms with E-state index in [1.807, 2.05) is 63.1 Å². The van der Waals surface area contributed by atoms with Crippen molar-refractivity contribution in [2.75, 3.05) is 17.7 Å². The fourth-order valence-electron chi connectivity index (χ4n) is 2.03. The zero-order chi connectivity index (χ0) is 15.4.